The van der Waals surface area contributed by atoms with Crippen LogP contribution < -0.4 is 5.43 Å². The van der Waals surface area contributed by atoms with E-state index in [0.29, 0.717) is 0 Å². The highest BCUT2D eigenvalue weighted by Gasteiger charge is 1.94. The third kappa shape index (κ3) is 4.91. The Hall–Kier alpha value is -2.15. The number of nitriles is 1. The third-order valence-corrected chi connectivity index (χ3v) is 1.93. The molecule has 1 rings (SSSR count). The fourth-order valence-corrected chi connectivity index (χ4v) is 1.17. The fourth-order valence-electron chi connectivity index (χ4n) is 1.17. The summed E-state index contributed by atoms with van der Waals surface area (Å²) in [7, 11) is 0. The van der Waals surface area contributed by atoms with Gasteiger partial charge in [0, 0.05) is 6.21 Å². The lowest BCUT2D eigenvalue weighted by molar-refractivity contribution is -0.120. The first-order valence-electron chi connectivity index (χ1n) is 5.04. The molecule has 0 spiro atoms. The lowest BCUT2D eigenvalue weighted by atomic mass is 10.1. The Morgan fingerprint density at radius 1 is 1.44 bits per heavy atom. The van der Waals surface area contributed by atoms with Crippen molar-refractivity contribution in [2.45, 2.75) is 19.3 Å². The van der Waals surface area contributed by atoms with E-state index >= 15 is 0 Å². The molecule has 82 valence electrons. The lowest BCUT2D eigenvalue weighted by Crippen LogP contribution is -2.16. The molecule has 0 saturated carbocycles. The summed E-state index contributed by atoms with van der Waals surface area (Å²) in [6, 6.07) is 11.8. The van der Waals surface area contributed by atoms with Gasteiger partial charge in [-0.15, -0.1) is 0 Å². The van der Waals surface area contributed by atoms with Crippen molar-refractivity contribution >= 4 is 12.1 Å². The molecule has 0 heterocycles. The highest BCUT2D eigenvalue weighted by Crippen LogP contribution is 2.00. The molecule has 16 heavy (non-hydrogen) atoms. The number of rotatable bonds is 5. The zero-order valence-electron chi connectivity index (χ0n) is 8.89. The molecule has 0 bridgehead atoms. The smallest absolute Gasteiger partial charge is 0.254 e. The molecule has 0 unspecified atom stereocenters. The van der Waals surface area contributed by atoms with Crippen LogP contribution in [0.2, 0.25) is 0 Å². The highest BCUT2D eigenvalue weighted by molar-refractivity contribution is 5.78. The van der Waals surface area contributed by atoms with Gasteiger partial charge in [0.15, 0.2) is 0 Å². The first-order chi connectivity index (χ1) is 7.83. The van der Waals surface area contributed by atoms with Crippen molar-refractivity contribution in [1.82, 2.24) is 5.43 Å². The van der Waals surface area contributed by atoms with Crippen molar-refractivity contribution in [1.29, 1.82) is 5.26 Å². The van der Waals surface area contributed by atoms with Crippen molar-refractivity contribution < 1.29 is 4.79 Å². The number of amides is 1. The minimum atomic E-state index is -0.376. The summed E-state index contributed by atoms with van der Waals surface area (Å²) < 4.78 is 0. The quantitative estimate of drug-likeness (QED) is 0.599. The van der Waals surface area contributed by atoms with Crippen LogP contribution in [0, 0.1) is 11.3 Å². The van der Waals surface area contributed by atoms with Gasteiger partial charge in [-0.1, -0.05) is 30.3 Å². The van der Waals surface area contributed by atoms with Crippen LogP contribution in [-0.2, 0) is 11.2 Å². The van der Waals surface area contributed by atoms with E-state index in [2.05, 4.69) is 10.5 Å². The summed E-state index contributed by atoms with van der Waals surface area (Å²) in [5.41, 5.74) is 3.51. The van der Waals surface area contributed by atoms with Crippen molar-refractivity contribution in [2.75, 3.05) is 0 Å². The zero-order chi connectivity index (χ0) is 11.6. The molecular formula is C12H13N3O. The molecular weight excluding hydrogens is 202 g/mol. The van der Waals surface area contributed by atoms with Gasteiger partial charge in [0.05, 0.1) is 6.07 Å². The van der Waals surface area contributed by atoms with Crippen molar-refractivity contribution in [3.63, 3.8) is 0 Å². The number of nitrogens with one attached hydrogen (secondary N) is 1. The van der Waals surface area contributed by atoms with Crippen molar-refractivity contribution in [3.8, 4) is 6.07 Å². The number of hydrazone groups is 1. The van der Waals surface area contributed by atoms with Crippen LogP contribution in [0.3, 0.4) is 0 Å². The molecule has 1 aromatic rings. The zero-order valence-corrected chi connectivity index (χ0v) is 8.89. The normalized spacial score (nSPS) is 9.94. The number of benzene rings is 1. The van der Waals surface area contributed by atoms with Gasteiger partial charge in [-0.25, -0.2) is 5.43 Å². The van der Waals surface area contributed by atoms with E-state index < -0.39 is 0 Å². The molecule has 0 radical (unpaired) electrons. The Bertz CT molecular complexity index is 392. The van der Waals surface area contributed by atoms with Crippen LogP contribution in [0.5, 0.6) is 0 Å². The molecule has 1 amide bonds. The van der Waals surface area contributed by atoms with E-state index in [0.717, 1.165) is 12.8 Å². The summed E-state index contributed by atoms with van der Waals surface area (Å²) in [5.74, 6) is -0.376. The highest BCUT2D eigenvalue weighted by atomic mass is 16.2. The van der Waals surface area contributed by atoms with Gasteiger partial charge in [-0.2, -0.15) is 10.4 Å². The monoisotopic (exact) mass is 215 g/mol. The average molecular weight is 215 g/mol. The number of aryl methyl sites for hydroxylation is 1. The number of hydrogen-bond acceptors (Lipinski definition) is 3. The predicted molar refractivity (Wildman–Crippen MR) is 61.6 cm³/mol. The maximum Gasteiger partial charge on any atom is 0.254 e. The number of nitrogens with zero attached hydrogens (tertiary/aromatic N) is 2. The lowest BCUT2D eigenvalue weighted by Gasteiger charge is -1.96. The fraction of sp³-hybridized carbons (Fsp3) is 0.250. The van der Waals surface area contributed by atoms with Gasteiger partial charge in [-0.3, -0.25) is 4.79 Å². The summed E-state index contributed by atoms with van der Waals surface area (Å²) in [6.07, 6.45) is 3.13. The Morgan fingerprint density at radius 3 is 2.88 bits per heavy atom. The van der Waals surface area contributed by atoms with Gasteiger partial charge in [0.1, 0.15) is 6.42 Å². The summed E-state index contributed by atoms with van der Waals surface area (Å²) >= 11 is 0. The molecule has 0 aliphatic carbocycles. The van der Waals surface area contributed by atoms with Crippen LogP contribution >= 0.6 is 0 Å². The van der Waals surface area contributed by atoms with E-state index in [-0.39, 0.29) is 12.3 Å². The largest absolute Gasteiger partial charge is 0.272 e. The van der Waals surface area contributed by atoms with E-state index in [1.54, 1.807) is 12.3 Å². The van der Waals surface area contributed by atoms with Gasteiger partial charge in [-0.05, 0) is 18.4 Å². The number of hydrogen-bond donors (Lipinski definition) is 1. The minimum absolute atomic E-state index is 0.157. The summed E-state index contributed by atoms with van der Waals surface area (Å²) in [6.45, 7) is 0. The molecule has 0 fully saturated rings. The molecule has 1 aromatic carbocycles. The van der Waals surface area contributed by atoms with Gasteiger partial charge >= 0.3 is 0 Å². The molecule has 0 aliphatic heterocycles. The van der Waals surface area contributed by atoms with Crippen LogP contribution in [0.25, 0.3) is 0 Å². The summed E-state index contributed by atoms with van der Waals surface area (Å²) in [4.78, 5) is 10.8. The molecule has 0 saturated heterocycles. The third-order valence-electron chi connectivity index (χ3n) is 1.93. The second-order valence-corrected chi connectivity index (χ2v) is 3.21. The Morgan fingerprint density at radius 2 is 2.19 bits per heavy atom. The molecule has 0 aromatic heterocycles. The van der Waals surface area contributed by atoms with Crippen LogP contribution in [0.15, 0.2) is 35.4 Å². The van der Waals surface area contributed by atoms with E-state index in [9.17, 15) is 4.79 Å². The second kappa shape index (κ2) is 7.18. The van der Waals surface area contributed by atoms with Gasteiger partial charge in [0.2, 0.25) is 0 Å². The van der Waals surface area contributed by atoms with Gasteiger partial charge in [0.25, 0.3) is 5.91 Å². The standard InChI is InChI=1S/C12H13N3O/c13-9-8-12(16)15-14-10-4-7-11-5-2-1-3-6-11/h1-3,5-6,10H,4,7-8H2,(H,15,16)/b14-10-. The first-order valence-corrected chi connectivity index (χ1v) is 5.04. The number of carbonyl (C=O) groups is 1. The SMILES string of the molecule is N#CCC(=O)N/N=C\CCc1ccccc1. The molecule has 4 heteroatoms. The van der Waals surface area contributed by atoms with Crippen molar-refractivity contribution in [3.05, 3.63) is 35.9 Å². The number of carbonyl (C=O) groups excluding carboxylic acids is 1. The van der Waals surface area contributed by atoms with Crippen LogP contribution in [0.1, 0.15) is 18.4 Å². The van der Waals surface area contributed by atoms with Crippen LogP contribution in [-0.4, -0.2) is 12.1 Å². The maximum atomic E-state index is 10.8. The predicted octanol–water partition coefficient (Wildman–Crippen LogP) is 1.63. The topological polar surface area (TPSA) is 65.2 Å². The first kappa shape index (κ1) is 11.9. The van der Waals surface area contributed by atoms with Gasteiger partial charge < -0.3 is 0 Å². The molecule has 0 aliphatic rings. The van der Waals surface area contributed by atoms with Crippen LogP contribution in [0.4, 0.5) is 0 Å². The molecule has 0 atom stereocenters. The minimum Gasteiger partial charge on any atom is -0.272 e. The molecule has 4 nitrogen and oxygen atoms in total. The van der Waals surface area contributed by atoms with E-state index in [1.807, 2.05) is 30.3 Å². The second-order valence-electron chi connectivity index (χ2n) is 3.21. The molecule has 1 N–H and O–H groups in total. The summed E-state index contributed by atoms with van der Waals surface area (Å²) in [5, 5.41) is 12.0. The Balaban J connectivity index is 2.19. The Kier molecular flexibility index (Phi) is 5.35. The Labute approximate surface area is 94.6 Å². The maximum absolute atomic E-state index is 10.8. The average Bonchev–Trinajstić information content (AvgIpc) is 2.30. The van der Waals surface area contributed by atoms with E-state index in [4.69, 9.17) is 5.26 Å². The van der Waals surface area contributed by atoms with Crippen molar-refractivity contribution in [2.24, 2.45) is 5.10 Å². The van der Waals surface area contributed by atoms with E-state index in [1.165, 1.54) is 5.56 Å².